The molecule has 1 heterocycles. The van der Waals surface area contributed by atoms with Crippen molar-refractivity contribution in [2.24, 2.45) is 5.73 Å². The van der Waals surface area contributed by atoms with E-state index in [1.54, 1.807) is 6.92 Å². The van der Waals surface area contributed by atoms with E-state index in [4.69, 9.17) is 10.5 Å². The normalized spacial score (nSPS) is 17.6. The van der Waals surface area contributed by atoms with Gasteiger partial charge in [0.25, 0.3) is 0 Å². The van der Waals surface area contributed by atoms with Gasteiger partial charge in [-0.25, -0.2) is 4.79 Å². The van der Waals surface area contributed by atoms with Crippen molar-refractivity contribution in [3.63, 3.8) is 0 Å². The summed E-state index contributed by atoms with van der Waals surface area (Å²) in [6.07, 6.45) is 0. The lowest BCUT2D eigenvalue weighted by Crippen LogP contribution is -2.24. The van der Waals surface area contributed by atoms with Gasteiger partial charge in [0, 0.05) is 0 Å². The SMILES string of the molecule is CCOC(=O)C1=C(C)SC(N)=C(C#N)C1c1c(C)c(C)cc(C)c1C. The Hall–Kier alpha value is -2.19. The Balaban J connectivity index is 2.83. The number of aryl methyl sites for hydroxylation is 2. The van der Waals surface area contributed by atoms with Gasteiger partial charge < -0.3 is 10.5 Å². The Morgan fingerprint density at radius 3 is 2.28 bits per heavy atom. The van der Waals surface area contributed by atoms with Crippen molar-refractivity contribution in [1.82, 2.24) is 0 Å². The molecule has 0 spiro atoms. The summed E-state index contributed by atoms with van der Waals surface area (Å²) < 4.78 is 5.29. The van der Waals surface area contributed by atoms with Crippen LogP contribution in [-0.2, 0) is 9.53 Å². The number of thioether (sulfide) groups is 1. The maximum absolute atomic E-state index is 12.7. The van der Waals surface area contributed by atoms with E-state index in [-0.39, 0.29) is 5.97 Å². The molecular formula is C20H24N2O2S. The van der Waals surface area contributed by atoms with Crippen LogP contribution >= 0.6 is 11.8 Å². The van der Waals surface area contributed by atoms with Crippen LogP contribution in [0, 0.1) is 39.0 Å². The van der Waals surface area contributed by atoms with Crippen LogP contribution in [0.5, 0.6) is 0 Å². The van der Waals surface area contributed by atoms with Crippen molar-refractivity contribution >= 4 is 17.7 Å². The second-order valence-electron chi connectivity index (χ2n) is 6.29. The van der Waals surface area contributed by atoms with Crippen molar-refractivity contribution in [2.45, 2.75) is 47.5 Å². The number of hydrogen-bond acceptors (Lipinski definition) is 5. The van der Waals surface area contributed by atoms with Crippen LogP contribution in [-0.4, -0.2) is 12.6 Å². The van der Waals surface area contributed by atoms with Crippen molar-refractivity contribution in [3.8, 4) is 6.07 Å². The molecule has 1 atom stereocenters. The third kappa shape index (κ3) is 3.32. The number of esters is 1. The van der Waals surface area contributed by atoms with E-state index in [2.05, 4.69) is 12.1 Å². The molecule has 2 N–H and O–H groups in total. The fourth-order valence-corrected chi connectivity index (χ4v) is 4.24. The fraction of sp³-hybridized carbons (Fsp3) is 0.400. The number of carbonyl (C=O) groups is 1. The molecule has 0 fully saturated rings. The van der Waals surface area contributed by atoms with Gasteiger partial charge in [0.1, 0.15) is 0 Å². The molecule has 1 unspecified atom stereocenters. The highest BCUT2D eigenvalue weighted by atomic mass is 32.2. The number of nitrogens with two attached hydrogens (primary N) is 1. The molecular weight excluding hydrogens is 332 g/mol. The molecule has 25 heavy (non-hydrogen) atoms. The molecule has 0 bridgehead atoms. The molecule has 0 saturated heterocycles. The van der Waals surface area contributed by atoms with E-state index in [1.165, 1.54) is 11.8 Å². The van der Waals surface area contributed by atoms with E-state index >= 15 is 0 Å². The summed E-state index contributed by atoms with van der Waals surface area (Å²) >= 11 is 1.27. The van der Waals surface area contributed by atoms with Gasteiger partial charge in [-0.1, -0.05) is 17.8 Å². The molecule has 5 heteroatoms. The molecule has 0 amide bonds. The zero-order chi connectivity index (χ0) is 18.9. The Morgan fingerprint density at radius 1 is 1.24 bits per heavy atom. The monoisotopic (exact) mass is 356 g/mol. The molecule has 0 radical (unpaired) electrons. The summed E-state index contributed by atoms with van der Waals surface area (Å²) in [6, 6.07) is 4.37. The minimum absolute atomic E-state index is 0.291. The molecule has 0 saturated carbocycles. The van der Waals surface area contributed by atoms with Crippen molar-refractivity contribution in [1.29, 1.82) is 5.26 Å². The van der Waals surface area contributed by atoms with E-state index in [0.29, 0.717) is 22.8 Å². The first-order valence-corrected chi connectivity index (χ1v) is 9.08. The Bertz CT molecular complexity index is 818. The first-order valence-electron chi connectivity index (χ1n) is 8.27. The molecule has 0 aliphatic carbocycles. The summed E-state index contributed by atoms with van der Waals surface area (Å²) in [7, 11) is 0. The second kappa shape index (κ2) is 7.37. The molecule has 1 aromatic rings. The third-order valence-electron chi connectivity index (χ3n) is 4.81. The van der Waals surface area contributed by atoms with Gasteiger partial charge in [-0.05, 0) is 74.3 Å². The number of nitriles is 1. The number of allylic oxidation sites excluding steroid dienone is 2. The standard InChI is InChI=1S/C20H24N2O2S/c1-7-24-20(23)17-14(6)25-19(22)15(9-21)18(17)16-12(4)10(2)8-11(3)13(16)5/h8,18H,7,22H2,1-6H3. The lowest BCUT2D eigenvalue weighted by atomic mass is 9.78. The van der Waals surface area contributed by atoms with Crippen LogP contribution in [0.2, 0.25) is 0 Å². The Morgan fingerprint density at radius 2 is 1.80 bits per heavy atom. The molecule has 1 aliphatic rings. The maximum atomic E-state index is 12.7. The largest absolute Gasteiger partial charge is 0.463 e. The molecule has 4 nitrogen and oxygen atoms in total. The number of carbonyl (C=O) groups excluding carboxylic acids is 1. The lowest BCUT2D eigenvalue weighted by Gasteiger charge is -2.30. The van der Waals surface area contributed by atoms with Crippen LogP contribution in [0.1, 0.15) is 47.6 Å². The average Bonchev–Trinajstić information content (AvgIpc) is 2.53. The van der Waals surface area contributed by atoms with E-state index in [9.17, 15) is 10.1 Å². The van der Waals surface area contributed by atoms with Crippen molar-refractivity contribution < 1.29 is 9.53 Å². The number of ether oxygens (including phenoxy) is 1. The first kappa shape index (κ1) is 19.1. The Kier molecular flexibility index (Phi) is 5.64. The Labute approximate surface area is 153 Å². The molecule has 0 aromatic heterocycles. The first-order chi connectivity index (χ1) is 11.7. The van der Waals surface area contributed by atoms with Crippen LogP contribution in [0.4, 0.5) is 0 Å². The number of benzene rings is 1. The van der Waals surface area contributed by atoms with E-state index < -0.39 is 5.92 Å². The molecule has 2 rings (SSSR count). The minimum Gasteiger partial charge on any atom is -0.463 e. The minimum atomic E-state index is -0.483. The van der Waals surface area contributed by atoms with Gasteiger partial charge in [-0.15, -0.1) is 0 Å². The molecule has 132 valence electrons. The van der Waals surface area contributed by atoms with E-state index in [1.807, 2.05) is 34.6 Å². The number of rotatable bonds is 3. The summed E-state index contributed by atoms with van der Waals surface area (Å²) in [4.78, 5) is 13.5. The quantitative estimate of drug-likeness (QED) is 0.818. The van der Waals surface area contributed by atoms with Crippen molar-refractivity contribution in [2.75, 3.05) is 6.61 Å². The highest BCUT2D eigenvalue weighted by Gasteiger charge is 2.37. The molecule has 1 aromatic carbocycles. The van der Waals surface area contributed by atoms with E-state index in [0.717, 1.165) is 32.7 Å². The zero-order valence-corrected chi connectivity index (χ0v) is 16.4. The van der Waals surface area contributed by atoms with Crippen LogP contribution in [0.15, 0.2) is 27.1 Å². The van der Waals surface area contributed by atoms with Gasteiger partial charge in [0.05, 0.1) is 34.8 Å². The highest BCUT2D eigenvalue weighted by molar-refractivity contribution is 8.06. The van der Waals surface area contributed by atoms with Crippen LogP contribution in [0.25, 0.3) is 0 Å². The summed E-state index contributed by atoms with van der Waals surface area (Å²) in [6.45, 7) is 12.1. The van der Waals surface area contributed by atoms with Crippen LogP contribution < -0.4 is 5.73 Å². The topological polar surface area (TPSA) is 76.1 Å². The average molecular weight is 356 g/mol. The van der Waals surface area contributed by atoms with Gasteiger partial charge >= 0.3 is 5.97 Å². The number of hydrogen-bond donors (Lipinski definition) is 1. The third-order valence-corrected chi connectivity index (χ3v) is 5.78. The van der Waals surface area contributed by atoms with Crippen LogP contribution in [0.3, 0.4) is 0 Å². The van der Waals surface area contributed by atoms with Gasteiger partial charge in [0.15, 0.2) is 0 Å². The summed E-state index contributed by atoms with van der Waals surface area (Å²) in [5.74, 6) is -0.861. The van der Waals surface area contributed by atoms with Gasteiger partial charge in [-0.2, -0.15) is 5.26 Å². The van der Waals surface area contributed by atoms with Crippen molar-refractivity contribution in [3.05, 3.63) is 55.0 Å². The molecule has 1 aliphatic heterocycles. The maximum Gasteiger partial charge on any atom is 0.335 e. The number of nitrogens with zero attached hydrogens (tertiary/aromatic N) is 1. The lowest BCUT2D eigenvalue weighted by molar-refractivity contribution is -0.138. The highest BCUT2D eigenvalue weighted by Crippen LogP contribution is 2.47. The van der Waals surface area contributed by atoms with Gasteiger partial charge in [0.2, 0.25) is 0 Å². The van der Waals surface area contributed by atoms with Gasteiger partial charge in [-0.3, -0.25) is 0 Å². The second-order valence-corrected chi connectivity index (χ2v) is 7.55. The predicted octanol–water partition coefficient (Wildman–Crippen LogP) is 4.28. The smallest absolute Gasteiger partial charge is 0.335 e. The fourth-order valence-electron chi connectivity index (χ4n) is 3.32. The summed E-state index contributed by atoms with van der Waals surface area (Å²) in [5.41, 5.74) is 12.5. The predicted molar refractivity (Wildman–Crippen MR) is 102 cm³/mol. The zero-order valence-electron chi connectivity index (χ0n) is 15.6. The summed E-state index contributed by atoms with van der Waals surface area (Å²) in [5, 5.41) is 10.2.